The molecule has 1 aromatic heterocycles. The Labute approximate surface area is 191 Å². The van der Waals surface area contributed by atoms with Crippen molar-refractivity contribution in [1.29, 1.82) is 0 Å². The van der Waals surface area contributed by atoms with Crippen LogP contribution in [0.1, 0.15) is 43.7 Å². The van der Waals surface area contributed by atoms with Gasteiger partial charge in [-0.15, -0.1) is 0 Å². The summed E-state index contributed by atoms with van der Waals surface area (Å²) in [5, 5.41) is 6.21. The smallest absolute Gasteiger partial charge is 0.317 e. The van der Waals surface area contributed by atoms with Gasteiger partial charge in [-0.2, -0.15) is 0 Å². The topological polar surface area (TPSA) is 72.3 Å². The molecule has 2 unspecified atom stereocenters. The second-order valence-electron chi connectivity index (χ2n) is 9.34. The van der Waals surface area contributed by atoms with Crippen molar-refractivity contribution in [2.24, 2.45) is 11.3 Å². The maximum Gasteiger partial charge on any atom is 0.317 e. The number of amides is 1. The van der Waals surface area contributed by atoms with Crippen molar-refractivity contribution in [2.45, 2.75) is 39.5 Å². The SMILES string of the molecule is C=C1NC2=C(C(=O)CC(C)(C)C2)C(c2c(F)cccc2Cl)C1C(=O)Nc1ccc(C)c[nH+]1. The van der Waals surface area contributed by atoms with Crippen LogP contribution in [-0.4, -0.2) is 11.7 Å². The molecule has 7 heteroatoms. The maximum absolute atomic E-state index is 15.1. The molecule has 5 nitrogen and oxygen atoms in total. The molecular weight excluding hydrogens is 429 g/mol. The van der Waals surface area contributed by atoms with Crippen molar-refractivity contribution in [1.82, 2.24) is 5.32 Å². The predicted octanol–water partition coefficient (Wildman–Crippen LogP) is 4.70. The fourth-order valence-corrected chi connectivity index (χ4v) is 4.95. The molecule has 0 saturated carbocycles. The van der Waals surface area contributed by atoms with Gasteiger partial charge in [0, 0.05) is 46.0 Å². The lowest BCUT2D eigenvalue weighted by Crippen LogP contribution is -2.45. The Morgan fingerprint density at radius 3 is 2.69 bits per heavy atom. The van der Waals surface area contributed by atoms with Gasteiger partial charge < -0.3 is 5.32 Å². The summed E-state index contributed by atoms with van der Waals surface area (Å²) in [7, 11) is 0. The number of halogens is 2. The monoisotopic (exact) mass is 454 g/mol. The number of aromatic amines is 1. The number of hydrogen-bond acceptors (Lipinski definition) is 3. The van der Waals surface area contributed by atoms with Crippen molar-refractivity contribution >= 4 is 29.1 Å². The lowest BCUT2D eigenvalue weighted by molar-refractivity contribution is -0.361. The number of nitrogens with one attached hydrogen (secondary N) is 3. The predicted molar refractivity (Wildman–Crippen MR) is 121 cm³/mol. The van der Waals surface area contributed by atoms with Gasteiger partial charge in [-0.1, -0.05) is 38.1 Å². The summed E-state index contributed by atoms with van der Waals surface area (Å²) in [5.74, 6) is -2.38. The third-order valence-corrected chi connectivity index (χ3v) is 6.40. The van der Waals surface area contributed by atoms with E-state index in [1.54, 1.807) is 18.3 Å². The molecule has 166 valence electrons. The van der Waals surface area contributed by atoms with Crippen LogP contribution in [0.5, 0.6) is 0 Å². The number of pyridine rings is 1. The first-order chi connectivity index (χ1) is 15.1. The number of hydrogen-bond donors (Lipinski definition) is 2. The molecule has 0 radical (unpaired) electrons. The summed E-state index contributed by atoms with van der Waals surface area (Å²) in [5.41, 5.74) is 2.41. The number of rotatable bonds is 3. The van der Waals surface area contributed by atoms with Gasteiger partial charge in [-0.25, -0.2) is 19.5 Å². The molecule has 4 rings (SSSR count). The number of carbonyl (C=O) groups excluding carboxylic acids is 2. The van der Waals surface area contributed by atoms with Gasteiger partial charge in [0.25, 0.3) is 5.82 Å². The van der Waals surface area contributed by atoms with Crippen molar-refractivity contribution in [3.63, 3.8) is 0 Å². The van der Waals surface area contributed by atoms with Gasteiger partial charge in [0.05, 0.1) is 6.20 Å². The Balaban J connectivity index is 1.84. The number of aryl methyl sites for hydroxylation is 1. The van der Waals surface area contributed by atoms with Crippen molar-refractivity contribution in [2.75, 3.05) is 5.32 Å². The number of ketones is 1. The van der Waals surface area contributed by atoms with Crippen LogP contribution in [-0.2, 0) is 9.59 Å². The molecule has 1 amide bonds. The molecule has 2 heterocycles. The van der Waals surface area contributed by atoms with Crippen molar-refractivity contribution in [3.8, 4) is 0 Å². The maximum atomic E-state index is 15.1. The molecule has 1 aliphatic heterocycles. The van der Waals surface area contributed by atoms with Crippen LogP contribution in [0, 0.1) is 24.1 Å². The lowest BCUT2D eigenvalue weighted by atomic mass is 9.66. The van der Waals surface area contributed by atoms with E-state index >= 15 is 4.39 Å². The number of carbonyl (C=O) groups is 2. The van der Waals surface area contributed by atoms with E-state index in [2.05, 4.69) is 22.2 Å². The van der Waals surface area contributed by atoms with Gasteiger partial charge in [-0.05, 0) is 42.5 Å². The highest BCUT2D eigenvalue weighted by Crippen LogP contribution is 2.49. The van der Waals surface area contributed by atoms with E-state index in [-0.39, 0.29) is 21.8 Å². The van der Waals surface area contributed by atoms with Crippen LogP contribution in [0.15, 0.2) is 60.1 Å². The highest BCUT2D eigenvalue weighted by Gasteiger charge is 2.48. The van der Waals surface area contributed by atoms with Gasteiger partial charge in [-0.3, -0.25) is 4.79 Å². The summed E-state index contributed by atoms with van der Waals surface area (Å²) in [4.78, 5) is 29.8. The van der Waals surface area contributed by atoms with E-state index in [1.807, 2.05) is 26.8 Å². The molecule has 2 aliphatic rings. The van der Waals surface area contributed by atoms with E-state index in [9.17, 15) is 9.59 Å². The van der Waals surface area contributed by atoms with Gasteiger partial charge in [0.1, 0.15) is 11.7 Å². The molecule has 1 aliphatic carbocycles. The molecule has 0 saturated heterocycles. The van der Waals surface area contributed by atoms with E-state index in [1.165, 1.54) is 12.1 Å². The summed E-state index contributed by atoms with van der Waals surface area (Å²) in [6, 6.07) is 7.99. The Hall–Kier alpha value is -2.99. The van der Waals surface area contributed by atoms with Crippen LogP contribution < -0.4 is 15.6 Å². The minimum absolute atomic E-state index is 0.111. The number of allylic oxidation sites excluding steroid dienone is 2. The summed E-state index contributed by atoms with van der Waals surface area (Å²) in [6.45, 7) is 10.0. The Kier molecular flexibility index (Phi) is 5.67. The van der Waals surface area contributed by atoms with Crippen LogP contribution in [0.4, 0.5) is 10.2 Å². The standard InChI is InChI=1S/C25H25ClFN3O2/c1-13-8-9-19(28-12-13)30-24(32)20-14(2)29-17-10-25(3,4)11-18(31)22(17)23(20)21-15(26)6-5-7-16(21)27/h5-9,12,20,23,29H,2,10-11H2,1,3-4H3,(H,28,30,32)/p+1. The first-order valence-electron chi connectivity index (χ1n) is 10.5. The van der Waals surface area contributed by atoms with E-state index in [0.717, 1.165) is 5.56 Å². The minimum atomic E-state index is -0.928. The highest BCUT2D eigenvalue weighted by atomic mass is 35.5. The van der Waals surface area contributed by atoms with E-state index < -0.39 is 23.6 Å². The number of H-pyrrole nitrogens is 1. The van der Waals surface area contributed by atoms with E-state index in [0.29, 0.717) is 35.6 Å². The second kappa shape index (κ2) is 8.17. The first-order valence-corrected chi connectivity index (χ1v) is 10.9. The molecule has 0 bridgehead atoms. The zero-order valence-electron chi connectivity index (χ0n) is 18.3. The Morgan fingerprint density at radius 1 is 1.28 bits per heavy atom. The van der Waals surface area contributed by atoms with Crippen molar-refractivity contribution in [3.05, 3.63) is 82.0 Å². The molecule has 2 aromatic rings. The molecule has 0 spiro atoms. The summed E-state index contributed by atoms with van der Waals surface area (Å²) < 4.78 is 15.1. The van der Waals surface area contributed by atoms with Crippen LogP contribution >= 0.6 is 11.6 Å². The van der Waals surface area contributed by atoms with Gasteiger partial charge in [0.15, 0.2) is 5.78 Å². The Bertz CT molecular complexity index is 1130. The fourth-order valence-electron chi connectivity index (χ4n) is 4.67. The quantitative estimate of drug-likeness (QED) is 0.706. The zero-order chi connectivity index (χ0) is 23.2. The number of Topliss-reactive ketones (excluding diaryl/α,β-unsaturated/α-hetero) is 1. The number of benzene rings is 1. The number of aromatic nitrogens is 1. The zero-order valence-corrected chi connectivity index (χ0v) is 19.1. The molecule has 0 fully saturated rings. The highest BCUT2D eigenvalue weighted by molar-refractivity contribution is 6.31. The number of anilines is 1. The van der Waals surface area contributed by atoms with Crippen LogP contribution in [0.25, 0.3) is 0 Å². The van der Waals surface area contributed by atoms with Crippen LogP contribution in [0.2, 0.25) is 5.02 Å². The molecule has 3 N–H and O–H groups in total. The third-order valence-electron chi connectivity index (χ3n) is 6.07. The second-order valence-corrected chi connectivity index (χ2v) is 9.75. The van der Waals surface area contributed by atoms with Gasteiger partial charge in [0.2, 0.25) is 0 Å². The summed E-state index contributed by atoms with van der Waals surface area (Å²) >= 11 is 6.43. The van der Waals surface area contributed by atoms with Crippen LogP contribution in [0.3, 0.4) is 0 Å². The lowest BCUT2D eigenvalue weighted by Gasteiger charge is -2.42. The summed E-state index contributed by atoms with van der Waals surface area (Å²) in [6.07, 6.45) is 2.67. The molecular formula is C25H26ClFN3O2+. The molecule has 32 heavy (non-hydrogen) atoms. The Morgan fingerprint density at radius 2 is 2.03 bits per heavy atom. The fraction of sp³-hybridized carbons (Fsp3) is 0.320. The van der Waals surface area contributed by atoms with Crippen molar-refractivity contribution < 1.29 is 19.0 Å². The average molecular weight is 455 g/mol. The minimum Gasteiger partial charge on any atom is -0.362 e. The largest absolute Gasteiger partial charge is 0.362 e. The van der Waals surface area contributed by atoms with Gasteiger partial charge >= 0.3 is 5.91 Å². The normalized spacial score (nSPS) is 22.3. The first kappa shape index (κ1) is 22.2. The molecule has 1 aromatic carbocycles. The average Bonchev–Trinajstić information content (AvgIpc) is 2.68. The van der Waals surface area contributed by atoms with E-state index in [4.69, 9.17) is 11.6 Å². The molecule has 2 atom stereocenters. The third kappa shape index (κ3) is 4.07.